The predicted molar refractivity (Wildman–Crippen MR) is 72.5 cm³/mol. The highest BCUT2D eigenvalue weighted by Gasteiger charge is 2.16. The molecule has 92 valence electrons. The molecule has 1 aliphatic heterocycles. The van der Waals surface area contributed by atoms with Crippen LogP contribution in [0.3, 0.4) is 0 Å². The lowest BCUT2D eigenvalue weighted by atomic mass is 10.1. The van der Waals surface area contributed by atoms with Crippen LogP contribution in [-0.2, 0) is 4.79 Å². The van der Waals surface area contributed by atoms with E-state index in [0.29, 0.717) is 6.42 Å². The van der Waals surface area contributed by atoms with Gasteiger partial charge in [-0.05, 0) is 37.3 Å². The SMILES string of the molecule is CSc1cccc(NC2CCCNC(=O)C2)c1. The molecule has 1 aromatic carbocycles. The van der Waals surface area contributed by atoms with E-state index in [-0.39, 0.29) is 11.9 Å². The zero-order valence-corrected chi connectivity index (χ0v) is 10.8. The second-order valence-corrected chi connectivity index (χ2v) is 5.15. The van der Waals surface area contributed by atoms with Crippen LogP contribution in [0.5, 0.6) is 0 Å². The van der Waals surface area contributed by atoms with Gasteiger partial charge in [-0.2, -0.15) is 0 Å². The third-order valence-corrected chi connectivity index (χ3v) is 3.65. The van der Waals surface area contributed by atoms with Gasteiger partial charge in [-0.15, -0.1) is 11.8 Å². The third-order valence-electron chi connectivity index (χ3n) is 2.92. The first-order valence-electron chi connectivity index (χ1n) is 5.95. The molecule has 1 aromatic rings. The Hall–Kier alpha value is -1.16. The monoisotopic (exact) mass is 250 g/mol. The van der Waals surface area contributed by atoms with Crippen molar-refractivity contribution in [3.63, 3.8) is 0 Å². The summed E-state index contributed by atoms with van der Waals surface area (Å²) < 4.78 is 0. The van der Waals surface area contributed by atoms with E-state index in [4.69, 9.17) is 0 Å². The van der Waals surface area contributed by atoms with Crippen LogP contribution < -0.4 is 10.6 Å². The van der Waals surface area contributed by atoms with E-state index in [0.717, 1.165) is 25.1 Å². The van der Waals surface area contributed by atoms with Gasteiger partial charge in [0.25, 0.3) is 0 Å². The van der Waals surface area contributed by atoms with Crippen LogP contribution in [0.15, 0.2) is 29.2 Å². The van der Waals surface area contributed by atoms with Gasteiger partial charge in [0.15, 0.2) is 0 Å². The van der Waals surface area contributed by atoms with Gasteiger partial charge in [-0.1, -0.05) is 6.07 Å². The molecule has 1 unspecified atom stereocenters. The quantitative estimate of drug-likeness (QED) is 0.810. The molecule has 1 atom stereocenters. The van der Waals surface area contributed by atoms with Crippen LogP contribution in [0.4, 0.5) is 5.69 Å². The minimum absolute atomic E-state index is 0.154. The highest BCUT2D eigenvalue weighted by atomic mass is 32.2. The number of anilines is 1. The Bertz CT molecular complexity index is 395. The largest absolute Gasteiger partial charge is 0.382 e. The van der Waals surface area contributed by atoms with Crippen molar-refractivity contribution in [3.8, 4) is 0 Å². The summed E-state index contributed by atoms with van der Waals surface area (Å²) in [6.45, 7) is 0.807. The van der Waals surface area contributed by atoms with Crippen molar-refractivity contribution in [2.75, 3.05) is 18.1 Å². The summed E-state index contributed by atoms with van der Waals surface area (Å²) in [5.41, 5.74) is 1.11. The summed E-state index contributed by atoms with van der Waals surface area (Å²) in [6.07, 6.45) is 4.73. The number of rotatable bonds is 3. The number of amides is 1. The second-order valence-electron chi connectivity index (χ2n) is 4.27. The maximum atomic E-state index is 11.5. The van der Waals surface area contributed by atoms with Crippen LogP contribution in [-0.4, -0.2) is 24.7 Å². The van der Waals surface area contributed by atoms with Gasteiger partial charge in [-0.25, -0.2) is 0 Å². The van der Waals surface area contributed by atoms with Gasteiger partial charge in [0.2, 0.25) is 5.91 Å². The molecule has 4 heteroatoms. The van der Waals surface area contributed by atoms with Crippen LogP contribution in [0.2, 0.25) is 0 Å². The lowest BCUT2D eigenvalue weighted by molar-refractivity contribution is -0.120. The predicted octanol–water partition coefficient (Wildman–Crippen LogP) is 2.49. The van der Waals surface area contributed by atoms with E-state index >= 15 is 0 Å². The fourth-order valence-corrected chi connectivity index (χ4v) is 2.51. The van der Waals surface area contributed by atoms with Crippen molar-refractivity contribution in [1.82, 2.24) is 5.32 Å². The Morgan fingerprint density at radius 1 is 1.47 bits per heavy atom. The zero-order valence-electron chi connectivity index (χ0n) is 10.0. The summed E-state index contributed by atoms with van der Waals surface area (Å²) in [5.74, 6) is 0.154. The summed E-state index contributed by atoms with van der Waals surface area (Å²) in [4.78, 5) is 12.7. The molecule has 0 radical (unpaired) electrons. The maximum absolute atomic E-state index is 11.5. The first kappa shape index (κ1) is 12.3. The number of carbonyl (C=O) groups excluding carboxylic acids is 1. The molecule has 1 heterocycles. The highest BCUT2D eigenvalue weighted by molar-refractivity contribution is 7.98. The number of thioether (sulfide) groups is 1. The van der Waals surface area contributed by atoms with E-state index in [1.807, 2.05) is 6.07 Å². The van der Waals surface area contributed by atoms with Gasteiger partial charge >= 0.3 is 0 Å². The van der Waals surface area contributed by atoms with E-state index in [1.54, 1.807) is 11.8 Å². The number of nitrogens with one attached hydrogen (secondary N) is 2. The van der Waals surface area contributed by atoms with Crippen LogP contribution in [0.25, 0.3) is 0 Å². The van der Waals surface area contributed by atoms with E-state index in [2.05, 4.69) is 35.1 Å². The molecular weight excluding hydrogens is 232 g/mol. The van der Waals surface area contributed by atoms with Gasteiger partial charge in [0, 0.05) is 29.6 Å². The van der Waals surface area contributed by atoms with Crippen molar-refractivity contribution in [2.24, 2.45) is 0 Å². The Kier molecular flexibility index (Phi) is 4.31. The van der Waals surface area contributed by atoms with Gasteiger partial charge in [0.1, 0.15) is 0 Å². The minimum atomic E-state index is 0.154. The highest BCUT2D eigenvalue weighted by Crippen LogP contribution is 2.21. The van der Waals surface area contributed by atoms with Crippen LogP contribution in [0, 0.1) is 0 Å². The Balaban J connectivity index is 2.00. The average Bonchev–Trinajstić information content (AvgIpc) is 2.54. The normalized spacial score (nSPS) is 20.5. The van der Waals surface area contributed by atoms with Crippen molar-refractivity contribution in [3.05, 3.63) is 24.3 Å². The lowest BCUT2D eigenvalue weighted by Crippen LogP contribution is -2.26. The summed E-state index contributed by atoms with van der Waals surface area (Å²) in [5, 5.41) is 6.35. The van der Waals surface area contributed by atoms with Crippen molar-refractivity contribution in [1.29, 1.82) is 0 Å². The molecule has 3 nitrogen and oxygen atoms in total. The molecule has 1 amide bonds. The number of benzene rings is 1. The molecule has 1 saturated heterocycles. The molecule has 2 N–H and O–H groups in total. The number of hydrogen-bond acceptors (Lipinski definition) is 3. The molecule has 1 fully saturated rings. The van der Waals surface area contributed by atoms with Crippen molar-refractivity contribution in [2.45, 2.75) is 30.2 Å². The van der Waals surface area contributed by atoms with Gasteiger partial charge in [-0.3, -0.25) is 4.79 Å². The van der Waals surface area contributed by atoms with E-state index < -0.39 is 0 Å². The topological polar surface area (TPSA) is 41.1 Å². The molecule has 0 spiro atoms. The van der Waals surface area contributed by atoms with E-state index in [9.17, 15) is 4.79 Å². The van der Waals surface area contributed by atoms with Gasteiger partial charge < -0.3 is 10.6 Å². The number of hydrogen-bond donors (Lipinski definition) is 2. The molecular formula is C13H18N2OS. The minimum Gasteiger partial charge on any atom is -0.382 e. The van der Waals surface area contributed by atoms with Crippen LogP contribution in [0.1, 0.15) is 19.3 Å². The summed E-state index contributed by atoms with van der Waals surface area (Å²) in [6, 6.07) is 8.59. The maximum Gasteiger partial charge on any atom is 0.222 e. The van der Waals surface area contributed by atoms with Crippen LogP contribution >= 0.6 is 11.8 Å². The molecule has 0 aliphatic carbocycles. The van der Waals surface area contributed by atoms with Crippen molar-refractivity contribution >= 4 is 23.4 Å². The first-order chi connectivity index (χ1) is 8.28. The Morgan fingerprint density at radius 3 is 3.18 bits per heavy atom. The second kappa shape index (κ2) is 5.96. The standard InChI is InChI=1S/C13H18N2OS/c1-17-12-6-2-4-10(8-12)15-11-5-3-7-14-13(16)9-11/h2,4,6,8,11,15H,3,5,7,9H2,1H3,(H,14,16). The summed E-state index contributed by atoms with van der Waals surface area (Å²) in [7, 11) is 0. The van der Waals surface area contributed by atoms with E-state index in [1.165, 1.54) is 4.90 Å². The third kappa shape index (κ3) is 3.66. The fourth-order valence-electron chi connectivity index (χ4n) is 2.05. The summed E-state index contributed by atoms with van der Waals surface area (Å²) >= 11 is 1.73. The molecule has 0 bridgehead atoms. The molecule has 0 saturated carbocycles. The fraction of sp³-hybridized carbons (Fsp3) is 0.462. The first-order valence-corrected chi connectivity index (χ1v) is 7.17. The molecule has 1 aliphatic rings. The molecule has 17 heavy (non-hydrogen) atoms. The van der Waals surface area contributed by atoms with Gasteiger partial charge in [0.05, 0.1) is 0 Å². The lowest BCUT2D eigenvalue weighted by Gasteiger charge is -2.16. The number of carbonyl (C=O) groups is 1. The molecule has 2 rings (SSSR count). The Labute approximate surface area is 106 Å². The average molecular weight is 250 g/mol. The molecule has 0 aromatic heterocycles. The zero-order chi connectivity index (χ0) is 12.1. The van der Waals surface area contributed by atoms with Crippen molar-refractivity contribution < 1.29 is 4.79 Å². The Morgan fingerprint density at radius 2 is 2.35 bits per heavy atom. The smallest absolute Gasteiger partial charge is 0.222 e.